The van der Waals surface area contributed by atoms with Gasteiger partial charge in [0.2, 0.25) is 5.91 Å². The van der Waals surface area contributed by atoms with Crippen molar-refractivity contribution in [2.24, 2.45) is 0 Å². The Morgan fingerprint density at radius 2 is 1.95 bits per heavy atom. The van der Waals surface area contributed by atoms with Gasteiger partial charge in [0.25, 0.3) is 0 Å². The first-order valence-electron chi connectivity index (χ1n) is 6.20. The van der Waals surface area contributed by atoms with E-state index < -0.39 is 23.3 Å². The second kappa shape index (κ2) is 6.96. The minimum Gasteiger partial charge on any atom is -0.478 e. The molecule has 0 aliphatic heterocycles. The predicted octanol–water partition coefficient (Wildman–Crippen LogP) is 2.34. The van der Waals surface area contributed by atoms with Crippen LogP contribution < -0.4 is 10.6 Å². The summed E-state index contributed by atoms with van der Waals surface area (Å²) in [6.45, 7) is 2.35. The van der Waals surface area contributed by atoms with Crippen LogP contribution in [0, 0.1) is 0 Å². The van der Waals surface area contributed by atoms with Crippen molar-refractivity contribution in [3.63, 3.8) is 0 Å². The van der Waals surface area contributed by atoms with Crippen molar-refractivity contribution in [3.05, 3.63) is 29.3 Å². The van der Waals surface area contributed by atoms with Crippen molar-refractivity contribution < 1.29 is 27.9 Å². The fourth-order valence-electron chi connectivity index (χ4n) is 1.65. The molecule has 0 unspecified atom stereocenters. The molecule has 5 nitrogen and oxygen atoms in total. The molecule has 8 heteroatoms. The van der Waals surface area contributed by atoms with Crippen molar-refractivity contribution in [1.29, 1.82) is 0 Å². The number of amides is 1. The van der Waals surface area contributed by atoms with E-state index in [0.29, 0.717) is 12.6 Å². The zero-order valence-corrected chi connectivity index (χ0v) is 11.3. The normalized spacial score (nSPS) is 11.0. The lowest BCUT2D eigenvalue weighted by atomic mass is 10.1. The van der Waals surface area contributed by atoms with Crippen LogP contribution in [0.5, 0.6) is 0 Å². The maximum atomic E-state index is 12.5. The standard InChI is InChI=1S/C13H15F3N2O3/c1-2-17-11(19)5-6-18-10-4-3-8(13(14,15)16)7-9(10)12(20)21/h3-4,7,18H,2,5-6H2,1H3,(H,17,19)(H,20,21). The number of carbonyl (C=O) groups is 2. The molecule has 21 heavy (non-hydrogen) atoms. The Morgan fingerprint density at radius 1 is 1.29 bits per heavy atom. The number of benzene rings is 1. The first-order chi connectivity index (χ1) is 9.75. The Bertz CT molecular complexity index is 530. The molecule has 0 aromatic heterocycles. The third-order valence-corrected chi connectivity index (χ3v) is 2.62. The summed E-state index contributed by atoms with van der Waals surface area (Å²) in [5, 5.41) is 14.2. The number of aromatic carboxylic acids is 1. The fourth-order valence-corrected chi connectivity index (χ4v) is 1.65. The van der Waals surface area contributed by atoms with Gasteiger partial charge in [-0.15, -0.1) is 0 Å². The van der Waals surface area contributed by atoms with E-state index in [4.69, 9.17) is 5.11 Å². The van der Waals surface area contributed by atoms with E-state index in [0.717, 1.165) is 12.1 Å². The van der Waals surface area contributed by atoms with E-state index >= 15 is 0 Å². The topological polar surface area (TPSA) is 78.4 Å². The van der Waals surface area contributed by atoms with Gasteiger partial charge in [-0.25, -0.2) is 4.79 Å². The molecule has 1 rings (SSSR count). The van der Waals surface area contributed by atoms with Crippen LogP contribution in [0.1, 0.15) is 29.3 Å². The van der Waals surface area contributed by atoms with Crippen molar-refractivity contribution in [2.45, 2.75) is 19.5 Å². The van der Waals surface area contributed by atoms with Gasteiger partial charge in [0.15, 0.2) is 0 Å². The second-order valence-corrected chi connectivity index (χ2v) is 4.19. The van der Waals surface area contributed by atoms with Gasteiger partial charge in [-0.3, -0.25) is 4.79 Å². The van der Waals surface area contributed by atoms with E-state index in [9.17, 15) is 22.8 Å². The summed E-state index contributed by atoms with van der Waals surface area (Å²) in [5.74, 6) is -1.70. The van der Waals surface area contributed by atoms with Gasteiger partial charge in [0.1, 0.15) is 0 Å². The van der Waals surface area contributed by atoms with E-state index in [1.54, 1.807) is 6.92 Å². The van der Waals surface area contributed by atoms with E-state index in [2.05, 4.69) is 10.6 Å². The van der Waals surface area contributed by atoms with Crippen molar-refractivity contribution in [3.8, 4) is 0 Å². The first kappa shape index (κ1) is 16.8. The number of carboxylic acid groups (broad SMARTS) is 1. The van der Waals surface area contributed by atoms with E-state index in [1.807, 2.05) is 0 Å². The van der Waals surface area contributed by atoms with E-state index in [-0.39, 0.29) is 24.6 Å². The number of hydrogen-bond acceptors (Lipinski definition) is 3. The lowest BCUT2D eigenvalue weighted by Crippen LogP contribution is -2.25. The quantitative estimate of drug-likeness (QED) is 0.754. The molecule has 1 amide bonds. The van der Waals surface area contributed by atoms with Crippen molar-refractivity contribution >= 4 is 17.6 Å². The molecule has 1 aromatic carbocycles. The molecule has 0 spiro atoms. The maximum Gasteiger partial charge on any atom is 0.416 e. The second-order valence-electron chi connectivity index (χ2n) is 4.19. The molecule has 0 atom stereocenters. The number of alkyl halides is 3. The van der Waals surface area contributed by atoms with Gasteiger partial charge < -0.3 is 15.7 Å². The smallest absolute Gasteiger partial charge is 0.416 e. The molecular weight excluding hydrogens is 289 g/mol. The van der Waals surface area contributed by atoms with Crippen LogP contribution >= 0.6 is 0 Å². The fraction of sp³-hybridized carbons (Fsp3) is 0.385. The lowest BCUT2D eigenvalue weighted by Gasteiger charge is -2.12. The number of hydrogen-bond donors (Lipinski definition) is 3. The van der Waals surface area contributed by atoms with Gasteiger partial charge in [0.05, 0.1) is 11.1 Å². The van der Waals surface area contributed by atoms with E-state index in [1.165, 1.54) is 0 Å². The van der Waals surface area contributed by atoms with Gasteiger partial charge in [-0.05, 0) is 25.1 Å². The van der Waals surface area contributed by atoms with Crippen LogP contribution in [0.25, 0.3) is 0 Å². The van der Waals surface area contributed by atoms with Gasteiger partial charge in [-0.2, -0.15) is 13.2 Å². The summed E-state index contributed by atoms with van der Waals surface area (Å²) in [6, 6.07) is 2.40. The third kappa shape index (κ3) is 4.97. The highest BCUT2D eigenvalue weighted by Gasteiger charge is 2.31. The Hall–Kier alpha value is -2.25. The highest BCUT2D eigenvalue weighted by Crippen LogP contribution is 2.31. The molecule has 0 aliphatic carbocycles. The van der Waals surface area contributed by atoms with Crippen molar-refractivity contribution in [2.75, 3.05) is 18.4 Å². The molecular formula is C13H15F3N2O3. The number of rotatable bonds is 6. The number of carbonyl (C=O) groups excluding carboxylic acids is 1. The van der Waals surface area contributed by atoms with Crippen LogP contribution in [0.15, 0.2) is 18.2 Å². The Labute approximate surface area is 119 Å². The van der Waals surface area contributed by atoms with Gasteiger partial charge in [0, 0.05) is 25.2 Å². The number of halogens is 3. The molecule has 0 heterocycles. The summed E-state index contributed by atoms with van der Waals surface area (Å²) in [6.07, 6.45) is -4.52. The van der Waals surface area contributed by atoms with Crippen LogP contribution in [-0.2, 0) is 11.0 Å². The Kier molecular flexibility index (Phi) is 5.57. The highest BCUT2D eigenvalue weighted by molar-refractivity contribution is 5.94. The summed E-state index contributed by atoms with van der Waals surface area (Å²) >= 11 is 0. The average Bonchev–Trinajstić information content (AvgIpc) is 2.37. The highest BCUT2D eigenvalue weighted by atomic mass is 19.4. The largest absolute Gasteiger partial charge is 0.478 e. The molecule has 0 radical (unpaired) electrons. The van der Waals surface area contributed by atoms with Crippen LogP contribution in [0.3, 0.4) is 0 Å². The van der Waals surface area contributed by atoms with Gasteiger partial charge >= 0.3 is 12.1 Å². The average molecular weight is 304 g/mol. The van der Waals surface area contributed by atoms with Gasteiger partial charge in [-0.1, -0.05) is 0 Å². The SMILES string of the molecule is CCNC(=O)CCNc1ccc(C(F)(F)F)cc1C(=O)O. The molecule has 0 fully saturated rings. The predicted molar refractivity (Wildman–Crippen MR) is 70.2 cm³/mol. The molecule has 0 saturated heterocycles. The first-order valence-corrected chi connectivity index (χ1v) is 6.20. The Balaban J connectivity index is 2.83. The molecule has 0 saturated carbocycles. The van der Waals surface area contributed by atoms with Crippen LogP contribution in [0.4, 0.5) is 18.9 Å². The zero-order chi connectivity index (χ0) is 16.0. The maximum absolute atomic E-state index is 12.5. The molecule has 0 aliphatic rings. The minimum atomic E-state index is -4.61. The summed E-state index contributed by atoms with van der Waals surface area (Å²) in [5.41, 5.74) is -1.48. The molecule has 116 valence electrons. The minimum absolute atomic E-state index is 0.0415. The van der Waals surface area contributed by atoms with Crippen molar-refractivity contribution in [1.82, 2.24) is 5.32 Å². The summed E-state index contributed by atoms with van der Waals surface area (Å²) in [7, 11) is 0. The lowest BCUT2D eigenvalue weighted by molar-refractivity contribution is -0.137. The number of nitrogens with one attached hydrogen (secondary N) is 2. The molecule has 0 bridgehead atoms. The number of carboxylic acids is 1. The van der Waals surface area contributed by atoms with Crippen LogP contribution in [0.2, 0.25) is 0 Å². The Morgan fingerprint density at radius 3 is 2.48 bits per heavy atom. The summed E-state index contributed by atoms with van der Waals surface area (Å²) < 4.78 is 37.6. The molecule has 3 N–H and O–H groups in total. The molecule has 1 aromatic rings. The number of anilines is 1. The monoisotopic (exact) mass is 304 g/mol. The zero-order valence-electron chi connectivity index (χ0n) is 11.3. The van der Waals surface area contributed by atoms with Crippen LogP contribution in [-0.4, -0.2) is 30.1 Å². The third-order valence-electron chi connectivity index (χ3n) is 2.62. The summed E-state index contributed by atoms with van der Waals surface area (Å²) in [4.78, 5) is 22.2.